The Kier molecular flexibility index (Phi) is 4.02. The number of carbonyl (C=O) groups is 2. The fourth-order valence-electron chi connectivity index (χ4n) is 4.30. The number of rotatable bonds is 3. The van der Waals surface area contributed by atoms with Gasteiger partial charge in [-0.05, 0) is 30.9 Å². The van der Waals surface area contributed by atoms with Crippen molar-refractivity contribution in [2.75, 3.05) is 27.3 Å². The van der Waals surface area contributed by atoms with E-state index in [1.54, 1.807) is 0 Å². The van der Waals surface area contributed by atoms with Gasteiger partial charge in [0, 0.05) is 23.7 Å². The molecule has 4 rings (SSSR count). The standard InChI is InChI=1S/C19H21NO4S/c1-23-17(21)15-16(20-10-6-3-7-11-20)14-12-8-4-5-9-13(12)25-19(14,15)18(22)24-2/h4-5,8-9,14H,3,6-7,10-11H2,1-2H3/t14-,19-/m1/s1. The number of carbonyl (C=O) groups excluding carboxylic acids is 2. The lowest BCUT2D eigenvalue weighted by atomic mass is 9.66. The van der Waals surface area contributed by atoms with Gasteiger partial charge in [-0.15, -0.1) is 11.8 Å². The lowest BCUT2D eigenvalue weighted by molar-refractivity contribution is -0.147. The average molecular weight is 359 g/mol. The van der Waals surface area contributed by atoms with Crippen molar-refractivity contribution in [3.63, 3.8) is 0 Å². The predicted octanol–water partition coefficient (Wildman–Crippen LogP) is 2.71. The number of methoxy groups -OCH3 is 2. The van der Waals surface area contributed by atoms with Crippen LogP contribution >= 0.6 is 11.8 Å². The maximum atomic E-state index is 12.8. The van der Waals surface area contributed by atoms with E-state index in [2.05, 4.69) is 11.0 Å². The van der Waals surface area contributed by atoms with Crippen LogP contribution in [-0.2, 0) is 19.1 Å². The molecular weight excluding hydrogens is 338 g/mol. The van der Waals surface area contributed by atoms with Gasteiger partial charge in [-0.1, -0.05) is 18.2 Å². The first-order chi connectivity index (χ1) is 12.1. The SMILES string of the molecule is COC(=O)C1=C(N2CCCCC2)[C@H]2c3ccccc3S[C@@]12C(=O)OC. The number of nitrogens with zero attached hydrogens (tertiary/aromatic N) is 1. The summed E-state index contributed by atoms with van der Waals surface area (Å²) in [6.45, 7) is 1.83. The third-order valence-electron chi connectivity index (χ3n) is 5.38. The van der Waals surface area contributed by atoms with Crippen molar-refractivity contribution in [3.05, 3.63) is 41.1 Å². The number of benzene rings is 1. The molecule has 25 heavy (non-hydrogen) atoms. The monoisotopic (exact) mass is 359 g/mol. The van der Waals surface area contributed by atoms with Gasteiger partial charge in [0.2, 0.25) is 0 Å². The molecule has 0 radical (unpaired) electrons. The van der Waals surface area contributed by atoms with Crippen LogP contribution in [0.25, 0.3) is 0 Å². The van der Waals surface area contributed by atoms with Crippen molar-refractivity contribution in [1.29, 1.82) is 0 Å². The van der Waals surface area contributed by atoms with E-state index in [4.69, 9.17) is 9.47 Å². The molecule has 1 saturated heterocycles. The van der Waals surface area contributed by atoms with Crippen molar-refractivity contribution in [2.45, 2.75) is 34.8 Å². The van der Waals surface area contributed by atoms with E-state index in [1.807, 2.05) is 18.2 Å². The lowest BCUT2D eigenvalue weighted by Gasteiger charge is -2.49. The zero-order valence-corrected chi connectivity index (χ0v) is 15.2. The van der Waals surface area contributed by atoms with Gasteiger partial charge in [-0.2, -0.15) is 0 Å². The van der Waals surface area contributed by atoms with Crippen LogP contribution in [-0.4, -0.2) is 48.9 Å². The van der Waals surface area contributed by atoms with Gasteiger partial charge in [0.25, 0.3) is 0 Å². The predicted molar refractivity (Wildman–Crippen MR) is 94.3 cm³/mol. The average Bonchev–Trinajstić information content (AvgIpc) is 2.93. The largest absolute Gasteiger partial charge is 0.468 e. The number of allylic oxidation sites excluding steroid dienone is 1. The molecule has 0 saturated carbocycles. The summed E-state index contributed by atoms with van der Waals surface area (Å²) < 4.78 is 9.17. The molecule has 2 atom stereocenters. The van der Waals surface area contributed by atoms with E-state index in [0.717, 1.165) is 42.1 Å². The Morgan fingerprint density at radius 2 is 1.84 bits per heavy atom. The van der Waals surface area contributed by atoms with Crippen LogP contribution in [0.15, 0.2) is 40.4 Å². The highest BCUT2D eigenvalue weighted by atomic mass is 32.2. The van der Waals surface area contributed by atoms with E-state index in [9.17, 15) is 9.59 Å². The highest BCUT2D eigenvalue weighted by Crippen LogP contribution is 2.67. The van der Waals surface area contributed by atoms with E-state index < -0.39 is 10.7 Å². The summed E-state index contributed by atoms with van der Waals surface area (Å²) in [6, 6.07) is 8.00. The van der Waals surface area contributed by atoms with E-state index in [0.29, 0.717) is 5.57 Å². The van der Waals surface area contributed by atoms with Crippen LogP contribution < -0.4 is 0 Å². The van der Waals surface area contributed by atoms with Gasteiger partial charge in [0.1, 0.15) is 0 Å². The molecule has 132 valence electrons. The Balaban J connectivity index is 1.89. The van der Waals surface area contributed by atoms with E-state index >= 15 is 0 Å². The highest BCUT2D eigenvalue weighted by molar-refractivity contribution is 8.02. The molecule has 0 unspecified atom stereocenters. The van der Waals surface area contributed by atoms with Gasteiger partial charge in [0.15, 0.2) is 4.75 Å². The zero-order chi connectivity index (χ0) is 17.6. The maximum Gasteiger partial charge on any atom is 0.337 e. The molecule has 0 N–H and O–H groups in total. The van der Waals surface area contributed by atoms with Crippen LogP contribution in [0.1, 0.15) is 30.7 Å². The number of fused-ring (bicyclic) bond motifs is 3. The first kappa shape index (κ1) is 16.5. The van der Waals surface area contributed by atoms with Gasteiger partial charge >= 0.3 is 11.9 Å². The van der Waals surface area contributed by atoms with Gasteiger partial charge in [0.05, 0.1) is 25.7 Å². The summed E-state index contributed by atoms with van der Waals surface area (Å²) >= 11 is 1.43. The molecule has 1 aromatic rings. The molecule has 2 aliphatic heterocycles. The van der Waals surface area contributed by atoms with Crippen LogP contribution in [0.4, 0.5) is 0 Å². The summed E-state index contributed by atoms with van der Waals surface area (Å²) in [5.41, 5.74) is 2.52. The molecule has 3 aliphatic rings. The Bertz CT molecular complexity index is 768. The molecule has 2 heterocycles. The number of thioether (sulfide) groups is 1. The van der Waals surface area contributed by atoms with Crippen LogP contribution in [0.2, 0.25) is 0 Å². The summed E-state index contributed by atoms with van der Waals surface area (Å²) in [6.07, 6.45) is 3.41. The fraction of sp³-hybridized carbons (Fsp3) is 0.474. The Hall–Kier alpha value is -1.95. The minimum Gasteiger partial charge on any atom is -0.468 e. The number of hydrogen-bond donors (Lipinski definition) is 0. The summed E-state index contributed by atoms with van der Waals surface area (Å²) in [4.78, 5) is 28.8. The van der Waals surface area contributed by atoms with Crippen molar-refractivity contribution in [1.82, 2.24) is 4.90 Å². The fourth-order valence-corrected chi connectivity index (χ4v) is 5.91. The second kappa shape index (κ2) is 6.09. The summed E-state index contributed by atoms with van der Waals surface area (Å²) in [5.74, 6) is -0.948. The van der Waals surface area contributed by atoms with Crippen LogP contribution in [0.5, 0.6) is 0 Å². The number of likely N-dealkylation sites (tertiary alicyclic amines) is 1. The lowest BCUT2D eigenvalue weighted by Crippen LogP contribution is -2.57. The minimum atomic E-state index is -1.02. The molecule has 0 amide bonds. The molecule has 6 heteroatoms. The van der Waals surface area contributed by atoms with Crippen molar-refractivity contribution < 1.29 is 19.1 Å². The highest BCUT2D eigenvalue weighted by Gasteiger charge is 2.68. The topological polar surface area (TPSA) is 55.8 Å². The number of piperidine rings is 1. The number of hydrogen-bond acceptors (Lipinski definition) is 6. The molecule has 1 aromatic carbocycles. The minimum absolute atomic E-state index is 0.145. The molecule has 1 fully saturated rings. The van der Waals surface area contributed by atoms with Crippen molar-refractivity contribution in [2.24, 2.45) is 0 Å². The number of esters is 2. The molecule has 0 aromatic heterocycles. The molecule has 1 aliphatic carbocycles. The van der Waals surface area contributed by atoms with Gasteiger partial charge < -0.3 is 14.4 Å². The second-order valence-electron chi connectivity index (χ2n) is 6.60. The van der Waals surface area contributed by atoms with Crippen LogP contribution in [0.3, 0.4) is 0 Å². The second-order valence-corrected chi connectivity index (χ2v) is 7.89. The zero-order valence-electron chi connectivity index (χ0n) is 14.4. The maximum absolute atomic E-state index is 12.8. The van der Waals surface area contributed by atoms with Gasteiger partial charge in [-0.25, -0.2) is 4.79 Å². The molecule has 0 bridgehead atoms. The Labute approximate surface area is 151 Å². The first-order valence-corrected chi connectivity index (χ1v) is 9.41. The number of ether oxygens (including phenoxy) is 2. The smallest absolute Gasteiger partial charge is 0.337 e. The first-order valence-electron chi connectivity index (χ1n) is 8.59. The third-order valence-corrected chi connectivity index (χ3v) is 6.90. The Morgan fingerprint density at radius 1 is 1.12 bits per heavy atom. The quantitative estimate of drug-likeness (QED) is 0.774. The van der Waals surface area contributed by atoms with Crippen molar-refractivity contribution in [3.8, 4) is 0 Å². The summed E-state index contributed by atoms with van der Waals surface area (Å²) in [5, 5.41) is 0. The van der Waals surface area contributed by atoms with Crippen LogP contribution in [0, 0.1) is 0 Å². The van der Waals surface area contributed by atoms with Crippen molar-refractivity contribution >= 4 is 23.7 Å². The molecule has 0 spiro atoms. The summed E-state index contributed by atoms with van der Waals surface area (Å²) in [7, 11) is 2.75. The third kappa shape index (κ3) is 2.16. The van der Waals surface area contributed by atoms with E-state index in [1.165, 1.54) is 32.4 Å². The van der Waals surface area contributed by atoms with Gasteiger partial charge in [-0.3, -0.25) is 4.79 Å². The Morgan fingerprint density at radius 3 is 2.52 bits per heavy atom. The van der Waals surface area contributed by atoms with E-state index in [-0.39, 0.29) is 11.9 Å². The molecular formula is C19H21NO4S. The molecule has 5 nitrogen and oxygen atoms in total. The normalized spacial score (nSPS) is 27.3.